The average molecular weight is 260 g/mol. The van der Waals surface area contributed by atoms with Crippen LogP contribution in [0.5, 0.6) is 0 Å². The molecule has 18 heavy (non-hydrogen) atoms. The summed E-state index contributed by atoms with van der Waals surface area (Å²) in [6, 6.07) is -0.443. The van der Waals surface area contributed by atoms with Crippen molar-refractivity contribution in [2.75, 3.05) is 13.1 Å². The average Bonchev–Trinajstić information content (AvgIpc) is 2.27. The molecular weight excluding hydrogens is 236 g/mol. The van der Waals surface area contributed by atoms with Gasteiger partial charge in [-0.3, -0.25) is 4.79 Å². The van der Waals surface area contributed by atoms with Crippen molar-refractivity contribution in [3.63, 3.8) is 0 Å². The molecule has 4 N–H and O–H groups in total. The number of rotatable bonds is 9. The third-order valence-corrected chi connectivity index (χ3v) is 2.63. The van der Waals surface area contributed by atoms with Crippen LogP contribution in [0, 0.1) is 0 Å². The number of carbonyl (C=O) groups excluding carboxylic acids is 1. The van der Waals surface area contributed by atoms with Gasteiger partial charge in [0.15, 0.2) is 0 Å². The second-order valence-corrected chi connectivity index (χ2v) is 4.48. The van der Waals surface area contributed by atoms with Crippen molar-refractivity contribution in [2.45, 2.75) is 51.6 Å². The minimum absolute atomic E-state index is 0.0845. The van der Waals surface area contributed by atoms with Gasteiger partial charge in [0.05, 0.1) is 12.0 Å². The number of nitrogens with one attached hydrogen (secondary N) is 2. The van der Waals surface area contributed by atoms with E-state index in [1.807, 2.05) is 13.8 Å². The van der Waals surface area contributed by atoms with Gasteiger partial charge in [0.25, 0.3) is 0 Å². The van der Waals surface area contributed by atoms with Gasteiger partial charge in [0.1, 0.15) is 0 Å². The summed E-state index contributed by atoms with van der Waals surface area (Å²) in [7, 11) is 0. The van der Waals surface area contributed by atoms with Gasteiger partial charge in [-0.2, -0.15) is 0 Å². The highest BCUT2D eigenvalue weighted by Gasteiger charge is 2.25. The molecule has 0 atom stereocenters. The highest BCUT2D eigenvalue weighted by molar-refractivity contribution is 5.75. The Morgan fingerprint density at radius 1 is 1.11 bits per heavy atom. The van der Waals surface area contributed by atoms with E-state index in [0.717, 1.165) is 12.8 Å². The minimum atomic E-state index is -0.955. The van der Waals surface area contributed by atoms with Gasteiger partial charge in [-0.1, -0.05) is 26.7 Å². The molecule has 0 radical (unpaired) electrons. The Hall–Kier alpha value is -1.30. The van der Waals surface area contributed by atoms with Crippen LogP contribution in [0.15, 0.2) is 0 Å². The molecular formula is C12H24N2O4. The number of carbonyl (C=O) groups is 2. The van der Waals surface area contributed by atoms with E-state index >= 15 is 0 Å². The van der Waals surface area contributed by atoms with E-state index in [-0.39, 0.29) is 19.5 Å². The number of urea groups is 1. The molecule has 0 heterocycles. The lowest BCUT2D eigenvalue weighted by molar-refractivity contribution is -0.136. The molecule has 0 aromatic rings. The van der Waals surface area contributed by atoms with Crippen molar-refractivity contribution < 1.29 is 19.8 Å². The summed E-state index contributed by atoms with van der Waals surface area (Å²) in [6.45, 7) is 4.23. The Balaban J connectivity index is 3.95. The van der Waals surface area contributed by atoms with Crippen LogP contribution in [0.2, 0.25) is 0 Å². The fraction of sp³-hybridized carbons (Fsp3) is 0.833. The summed E-state index contributed by atoms with van der Waals surface area (Å²) in [4.78, 5) is 21.6. The smallest absolute Gasteiger partial charge is 0.314 e. The number of carboxylic acids is 1. The van der Waals surface area contributed by atoms with Crippen LogP contribution in [-0.2, 0) is 4.79 Å². The first-order chi connectivity index (χ1) is 8.43. The molecule has 0 aromatic carbocycles. The predicted molar refractivity (Wildman–Crippen MR) is 68.4 cm³/mol. The molecule has 0 aliphatic heterocycles. The van der Waals surface area contributed by atoms with Crippen LogP contribution in [0.4, 0.5) is 4.79 Å². The van der Waals surface area contributed by atoms with Crippen molar-refractivity contribution in [3.8, 4) is 0 Å². The highest BCUT2D eigenvalue weighted by Crippen LogP contribution is 2.18. The summed E-state index contributed by atoms with van der Waals surface area (Å²) in [5.41, 5.74) is -0.867. The van der Waals surface area contributed by atoms with E-state index < -0.39 is 17.6 Å². The second kappa shape index (κ2) is 8.74. The van der Waals surface area contributed by atoms with E-state index in [4.69, 9.17) is 5.11 Å². The Morgan fingerprint density at radius 2 is 1.67 bits per heavy atom. The molecule has 0 spiro atoms. The molecule has 6 heteroatoms. The van der Waals surface area contributed by atoms with Crippen molar-refractivity contribution >= 4 is 12.0 Å². The Morgan fingerprint density at radius 3 is 2.11 bits per heavy atom. The molecule has 0 unspecified atom stereocenters. The lowest BCUT2D eigenvalue weighted by atomic mass is 9.93. The van der Waals surface area contributed by atoms with Gasteiger partial charge in [-0.05, 0) is 12.8 Å². The third kappa shape index (κ3) is 7.89. The van der Waals surface area contributed by atoms with Crippen LogP contribution in [0.1, 0.15) is 46.0 Å². The SMILES string of the molecule is CCCC(O)(CCC)CNC(=O)NCCC(=O)O. The van der Waals surface area contributed by atoms with Crippen molar-refractivity contribution in [1.82, 2.24) is 10.6 Å². The van der Waals surface area contributed by atoms with Crippen LogP contribution in [0.3, 0.4) is 0 Å². The first-order valence-corrected chi connectivity index (χ1v) is 6.39. The first-order valence-electron chi connectivity index (χ1n) is 6.39. The number of hydrogen-bond donors (Lipinski definition) is 4. The van der Waals surface area contributed by atoms with E-state index in [9.17, 15) is 14.7 Å². The minimum Gasteiger partial charge on any atom is -0.481 e. The molecule has 2 amide bonds. The molecule has 0 aromatic heterocycles. The number of aliphatic carboxylic acids is 1. The zero-order valence-corrected chi connectivity index (χ0v) is 11.2. The van der Waals surface area contributed by atoms with Gasteiger partial charge in [-0.15, -0.1) is 0 Å². The van der Waals surface area contributed by atoms with Crippen LogP contribution in [0.25, 0.3) is 0 Å². The van der Waals surface area contributed by atoms with Crippen molar-refractivity contribution in [1.29, 1.82) is 0 Å². The first kappa shape index (κ1) is 16.7. The molecule has 0 fully saturated rings. The van der Waals surface area contributed by atoms with Crippen molar-refractivity contribution in [2.24, 2.45) is 0 Å². The third-order valence-electron chi connectivity index (χ3n) is 2.63. The topological polar surface area (TPSA) is 98.7 Å². The van der Waals surface area contributed by atoms with Gasteiger partial charge in [0, 0.05) is 13.1 Å². The van der Waals surface area contributed by atoms with Gasteiger partial charge in [0.2, 0.25) is 0 Å². The van der Waals surface area contributed by atoms with Gasteiger partial charge >= 0.3 is 12.0 Å². The van der Waals surface area contributed by atoms with Crippen LogP contribution in [-0.4, -0.2) is 40.9 Å². The maximum Gasteiger partial charge on any atom is 0.314 e. The lowest BCUT2D eigenvalue weighted by Crippen LogP contribution is -2.46. The fourth-order valence-electron chi connectivity index (χ4n) is 1.82. The van der Waals surface area contributed by atoms with Gasteiger partial charge < -0.3 is 20.8 Å². The number of carboxylic acid groups (broad SMARTS) is 1. The quantitative estimate of drug-likeness (QED) is 0.498. The fourth-order valence-corrected chi connectivity index (χ4v) is 1.82. The molecule has 0 saturated heterocycles. The monoisotopic (exact) mass is 260 g/mol. The van der Waals surface area contributed by atoms with E-state index in [2.05, 4.69) is 10.6 Å². The standard InChI is InChI=1S/C12H24N2O4/c1-3-6-12(18,7-4-2)9-14-11(17)13-8-5-10(15)16/h18H,3-9H2,1-2H3,(H,15,16)(H2,13,14,17). The molecule has 106 valence electrons. The normalized spacial score (nSPS) is 11.1. The Bertz CT molecular complexity index is 263. The lowest BCUT2D eigenvalue weighted by Gasteiger charge is -2.27. The summed E-state index contributed by atoms with van der Waals surface area (Å²) >= 11 is 0. The molecule has 0 aliphatic carbocycles. The predicted octanol–water partition coefficient (Wildman–Crippen LogP) is 1.09. The highest BCUT2D eigenvalue weighted by atomic mass is 16.4. The number of hydrogen-bond acceptors (Lipinski definition) is 3. The maximum atomic E-state index is 11.4. The van der Waals surface area contributed by atoms with Crippen LogP contribution >= 0.6 is 0 Å². The Kier molecular flexibility index (Phi) is 8.11. The summed E-state index contributed by atoms with van der Waals surface area (Å²) in [5, 5.41) is 23.7. The number of amides is 2. The van der Waals surface area contributed by atoms with E-state index in [0.29, 0.717) is 12.8 Å². The molecule has 0 saturated carbocycles. The van der Waals surface area contributed by atoms with Crippen molar-refractivity contribution in [3.05, 3.63) is 0 Å². The molecule has 0 rings (SSSR count). The Labute approximate surface area is 108 Å². The van der Waals surface area contributed by atoms with E-state index in [1.165, 1.54) is 0 Å². The summed E-state index contributed by atoms with van der Waals surface area (Å²) in [6.07, 6.45) is 2.85. The zero-order chi connectivity index (χ0) is 14.0. The largest absolute Gasteiger partial charge is 0.481 e. The summed E-state index contributed by atoms with van der Waals surface area (Å²) in [5.74, 6) is -0.955. The van der Waals surface area contributed by atoms with E-state index in [1.54, 1.807) is 0 Å². The number of aliphatic hydroxyl groups is 1. The maximum absolute atomic E-state index is 11.4. The molecule has 6 nitrogen and oxygen atoms in total. The van der Waals surface area contributed by atoms with Gasteiger partial charge in [-0.25, -0.2) is 4.79 Å². The second-order valence-electron chi connectivity index (χ2n) is 4.48. The zero-order valence-electron chi connectivity index (χ0n) is 11.2. The molecule has 0 aliphatic rings. The molecule has 0 bridgehead atoms. The summed E-state index contributed by atoms with van der Waals surface area (Å²) < 4.78 is 0. The van der Waals surface area contributed by atoms with Crippen LogP contribution < -0.4 is 10.6 Å².